The van der Waals surface area contributed by atoms with E-state index in [1.54, 1.807) is 0 Å². The van der Waals surface area contributed by atoms with Gasteiger partial charge in [0, 0.05) is 13.7 Å². The molecule has 2 atom stereocenters. The Kier molecular flexibility index (Phi) is 13.7. The van der Waals surface area contributed by atoms with Crippen LogP contribution < -0.4 is 0 Å². The Hall–Kier alpha value is 0.0300. The van der Waals surface area contributed by atoms with Crippen LogP contribution >= 0.6 is 7.82 Å². The van der Waals surface area contributed by atoms with Crippen LogP contribution in [0.4, 0.5) is 0 Å². The highest BCUT2D eigenvalue weighted by Crippen LogP contribution is 2.49. The molecule has 0 heterocycles. The van der Waals surface area contributed by atoms with Gasteiger partial charge in [0.05, 0.1) is 19.8 Å². The second-order valence-electron chi connectivity index (χ2n) is 4.86. The van der Waals surface area contributed by atoms with Gasteiger partial charge in [0.25, 0.3) is 0 Å². The first kappa shape index (κ1) is 21.0. The molecule has 0 aliphatic heterocycles. The second kappa shape index (κ2) is 13.7. The molecule has 0 fully saturated rings. The summed E-state index contributed by atoms with van der Waals surface area (Å²) in [5.74, 6) is 0. The molecule has 0 saturated heterocycles. The van der Waals surface area contributed by atoms with Gasteiger partial charge in [-0.05, 0) is 12.8 Å². The average Bonchev–Trinajstić information content (AvgIpc) is 2.50. The molecule has 128 valence electrons. The van der Waals surface area contributed by atoms with Crippen molar-refractivity contribution in [1.82, 2.24) is 0 Å². The minimum Gasteiger partial charge on any atom is -0.394 e. The van der Waals surface area contributed by atoms with E-state index in [0.717, 1.165) is 38.5 Å². The minimum absolute atomic E-state index is 0.173. The second-order valence-corrected chi connectivity index (χ2v) is 6.59. The molecule has 6 nitrogen and oxygen atoms in total. The smallest absolute Gasteiger partial charge is 0.394 e. The van der Waals surface area contributed by atoms with Crippen LogP contribution in [-0.2, 0) is 22.9 Å². The fourth-order valence-electron chi connectivity index (χ4n) is 1.62. The SMILES string of the molecule is CCCCCOCC(CO)OP(=O)(OC)OCCCCC. The molecule has 0 bridgehead atoms. The van der Waals surface area contributed by atoms with E-state index in [1.807, 2.05) is 0 Å². The molecule has 0 aromatic heterocycles. The summed E-state index contributed by atoms with van der Waals surface area (Å²) in [4.78, 5) is 0. The van der Waals surface area contributed by atoms with E-state index in [1.165, 1.54) is 7.11 Å². The Balaban J connectivity index is 4.05. The summed E-state index contributed by atoms with van der Waals surface area (Å²) in [5, 5.41) is 9.26. The molecule has 7 heteroatoms. The third-order valence-electron chi connectivity index (χ3n) is 2.90. The molecule has 0 radical (unpaired) electrons. The zero-order valence-corrected chi connectivity index (χ0v) is 14.5. The fourth-order valence-corrected chi connectivity index (χ4v) is 2.72. The number of aliphatic hydroxyl groups is 1. The van der Waals surface area contributed by atoms with Crippen LogP contribution in [0.2, 0.25) is 0 Å². The van der Waals surface area contributed by atoms with Crippen LogP contribution in [0.1, 0.15) is 52.4 Å². The van der Waals surface area contributed by atoms with Gasteiger partial charge in [0.1, 0.15) is 6.10 Å². The summed E-state index contributed by atoms with van der Waals surface area (Å²) in [6.07, 6.45) is 5.31. The first-order valence-electron chi connectivity index (χ1n) is 7.79. The number of phosphoric ester groups is 1. The quantitative estimate of drug-likeness (QED) is 0.366. The molecule has 0 saturated carbocycles. The van der Waals surface area contributed by atoms with Gasteiger partial charge in [-0.2, -0.15) is 0 Å². The predicted molar refractivity (Wildman–Crippen MR) is 82.4 cm³/mol. The van der Waals surface area contributed by atoms with Crippen LogP contribution in [0, 0.1) is 0 Å². The number of phosphoric acid groups is 1. The van der Waals surface area contributed by atoms with Gasteiger partial charge in [-0.3, -0.25) is 13.6 Å². The number of unbranched alkanes of at least 4 members (excludes halogenated alkanes) is 4. The molecule has 1 N–H and O–H groups in total. The van der Waals surface area contributed by atoms with E-state index in [9.17, 15) is 9.67 Å². The third-order valence-corrected chi connectivity index (χ3v) is 4.40. The lowest BCUT2D eigenvalue weighted by atomic mass is 10.3. The van der Waals surface area contributed by atoms with Gasteiger partial charge >= 0.3 is 7.82 Å². The van der Waals surface area contributed by atoms with Gasteiger partial charge in [-0.1, -0.05) is 39.5 Å². The lowest BCUT2D eigenvalue weighted by Gasteiger charge is -2.21. The largest absolute Gasteiger partial charge is 0.474 e. The Labute approximate surface area is 128 Å². The molecular formula is C14H31O6P. The predicted octanol–water partition coefficient (Wildman–Crippen LogP) is 3.53. The molecular weight excluding hydrogens is 295 g/mol. The Morgan fingerprint density at radius 3 is 2.19 bits per heavy atom. The molecule has 0 amide bonds. The van der Waals surface area contributed by atoms with Crippen molar-refractivity contribution in [1.29, 1.82) is 0 Å². The summed E-state index contributed by atoms with van der Waals surface area (Å²) in [6, 6.07) is 0. The van der Waals surface area contributed by atoms with E-state index in [-0.39, 0.29) is 13.2 Å². The average molecular weight is 326 g/mol. The first-order chi connectivity index (χ1) is 10.1. The van der Waals surface area contributed by atoms with E-state index < -0.39 is 13.9 Å². The fraction of sp³-hybridized carbons (Fsp3) is 1.00. The van der Waals surface area contributed by atoms with Crippen molar-refractivity contribution in [3.63, 3.8) is 0 Å². The van der Waals surface area contributed by atoms with Gasteiger partial charge in [-0.15, -0.1) is 0 Å². The van der Waals surface area contributed by atoms with Gasteiger partial charge in [0.2, 0.25) is 0 Å². The summed E-state index contributed by atoms with van der Waals surface area (Å²) in [6.45, 7) is 4.98. The molecule has 0 rings (SSSR count). The highest BCUT2D eigenvalue weighted by molar-refractivity contribution is 7.48. The molecule has 0 aromatic carbocycles. The van der Waals surface area contributed by atoms with Crippen molar-refractivity contribution in [2.24, 2.45) is 0 Å². The molecule has 2 unspecified atom stereocenters. The zero-order chi connectivity index (χ0) is 16.0. The number of rotatable bonds is 15. The summed E-state index contributed by atoms with van der Waals surface area (Å²) < 4.78 is 32.9. The Bertz CT molecular complexity index is 274. The third kappa shape index (κ3) is 11.3. The van der Waals surface area contributed by atoms with Crippen molar-refractivity contribution in [3.05, 3.63) is 0 Å². The van der Waals surface area contributed by atoms with E-state index in [0.29, 0.717) is 13.2 Å². The summed E-state index contributed by atoms with van der Waals surface area (Å²) >= 11 is 0. The standard InChI is InChI=1S/C14H31O6P/c1-4-6-8-10-18-13-14(12-15)20-21(16,17-3)19-11-9-7-5-2/h14-15H,4-13H2,1-3H3. The number of aliphatic hydroxyl groups excluding tert-OH is 1. The van der Waals surface area contributed by atoms with E-state index in [4.69, 9.17) is 18.3 Å². The van der Waals surface area contributed by atoms with Crippen molar-refractivity contribution < 1.29 is 28.0 Å². The summed E-state index contributed by atoms with van der Waals surface area (Å²) in [7, 11) is -2.34. The number of hydrogen-bond donors (Lipinski definition) is 1. The van der Waals surface area contributed by atoms with Crippen molar-refractivity contribution in [3.8, 4) is 0 Å². The van der Waals surface area contributed by atoms with Gasteiger partial charge in [0.15, 0.2) is 0 Å². The van der Waals surface area contributed by atoms with Crippen molar-refractivity contribution >= 4 is 7.82 Å². The maximum atomic E-state index is 12.2. The molecule has 0 aromatic rings. The monoisotopic (exact) mass is 326 g/mol. The molecule has 0 aliphatic rings. The Morgan fingerprint density at radius 1 is 1.05 bits per heavy atom. The maximum Gasteiger partial charge on any atom is 0.474 e. The van der Waals surface area contributed by atoms with Gasteiger partial charge < -0.3 is 9.84 Å². The lowest BCUT2D eigenvalue weighted by Crippen LogP contribution is -2.24. The number of hydrogen-bond acceptors (Lipinski definition) is 6. The van der Waals surface area contributed by atoms with Crippen LogP contribution in [-0.4, -0.2) is 44.7 Å². The van der Waals surface area contributed by atoms with Crippen LogP contribution in [0.25, 0.3) is 0 Å². The number of ether oxygens (including phenoxy) is 1. The van der Waals surface area contributed by atoms with Crippen LogP contribution in [0.5, 0.6) is 0 Å². The Morgan fingerprint density at radius 2 is 1.67 bits per heavy atom. The van der Waals surface area contributed by atoms with E-state index in [2.05, 4.69) is 13.8 Å². The lowest BCUT2D eigenvalue weighted by molar-refractivity contribution is -0.00480. The molecule has 21 heavy (non-hydrogen) atoms. The first-order valence-corrected chi connectivity index (χ1v) is 9.25. The highest BCUT2D eigenvalue weighted by Gasteiger charge is 2.29. The van der Waals surface area contributed by atoms with Gasteiger partial charge in [-0.25, -0.2) is 4.57 Å². The zero-order valence-electron chi connectivity index (χ0n) is 13.6. The van der Waals surface area contributed by atoms with Crippen molar-refractivity contribution in [2.75, 3.05) is 33.5 Å². The highest BCUT2D eigenvalue weighted by atomic mass is 31.2. The molecule has 0 aliphatic carbocycles. The normalized spacial score (nSPS) is 15.8. The molecule has 0 spiro atoms. The topological polar surface area (TPSA) is 74.2 Å². The summed E-state index contributed by atoms with van der Waals surface area (Å²) in [5.41, 5.74) is 0. The minimum atomic E-state index is -3.61. The van der Waals surface area contributed by atoms with Crippen LogP contribution in [0.3, 0.4) is 0 Å². The van der Waals surface area contributed by atoms with Crippen LogP contribution in [0.15, 0.2) is 0 Å². The maximum absolute atomic E-state index is 12.2. The van der Waals surface area contributed by atoms with Crippen molar-refractivity contribution in [2.45, 2.75) is 58.5 Å². The van der Waals surface area contributed by atoms with E-state index >= 15 is 0 Å².